The van der Waals surface area contributed by atoms with Crippen LogP contribution < -0.4 is 10.2 Å². The zero-order valence-electron chi connectivity index (χ0n) is 15.1. The summed E-state index contributed by atoms with van der Waals surface area (Å²) >= 11 is 0. The highest BCUT2D eigenvalue weighted by atomic mass is 16.2. The molecule has 1 atom stereocenters. The summed E-state index contributed by atoms with van der Waals surface area (Å²) in [5.74, 6) is 0.107. The summed E-state index contributed by atoms with van der Waals surface area (Å²) in [5.41, 5.74) is 6.03. The number of benzene rings is 2. The van der Waals surface area contributed by atoms with Crippen molar-refractivity contribution < 1.29 is 9.69 Å². The standard InChI is InChI=1S/C22H26N2O/c1-3-18-11-7-8-17(2)22(18)23-21(25)16-24-14-12-20(13-15-24)19-9-5-4-6-10-19/h4-12H,3,13-16H2,1-2H3,(H,23,25)/p+1. The minimum Gasteiger partial charge on any atom is -0.324 e. The quantitative estimate of drug-likeness (QED) is 0.865. The van der Waals surface area contributed by atoms with Gasteiger partial charge >= 0.3 is 0 Å². The van der Waals surface area contributed by atoms with Crippen LogP contribution in [0.3, 0.4) is 0 Å². The van der Waals surface area contributed by atoms with Crippen molar-refractivity contribution in [2.45, 2.75) is 26.7 Å². The first kappa shape index (κ1) is 17.4. The topological polar surface area (TPSA) is 33.5 Å². The highest BCUT2D eigenvalue weighted by molar-refractivity contribution is 5.93. The van der Waals surface area contributed by atoms with Crippen molar-refractivity contribution in [3.05, 3.63) is 71.3 Å². The molecule has 3 heteroatoms. The van der Waals surface area contributed by atoms with Crippen LogP contribution in [-0.2, 0) is 11.2 Å². The van der Waals surface area contributed by atoms with Crippen LogP contribution in [0.2, 0.25) is 0 Å². The van der Waals surface area contributed by atoms with Gasteiger partial charge in [-0.1, -0.05) is 55.5 Å². The summed E-state index contributed by atoms with van der Waals surface area (Å²) < 4.78 is 0. The van der Waals surface area contributed by atoms with Gasteiger partial charge in [-0.25, -0.2) is 0 Å². The lowest BCUT2D eigenvalue weighted by Gasteiger charge is -2.23. The van der Waals surface area contributed by atoms with Gasteiger partial charge < -0.3 is 10.2 Å². The maximum absolute atomic E-state index is 12.5. The second-order valence-corrected chi connectivity index (χ2v) is 6.74. The lowest BCUT2D eigenvalue weighted by Crippen LogP contribution is -3.13. The Balaban J connectivity index is 1.59. The Morgan fingerprint density at radius 3 is 2.60 bits per heavy atom. The maximum Gasteiger partial charge on any atom is 0.279 e. The number of amides is 1. The number of hydrogen-bond acceptors (Lipinski definition) is 1. The SMILES string of the molecule is CCc1cccc(C)c1NC(=O)C[NH+]1CC=C(c2ccccc2)CC1. The molecule has 0 aromatic heterocycles. The normalized spacial score (nSPS) is 17.0. The van der Waals surface area contributed by atoms with E-state index in [0.717, 1.165) is 37.2 Å². The minimum atomic E-state index is 0.107. The van der Waals surface area contributed by atoms with Crippen LogP contribution in [0.5, 0.6) is 0 Å². The van der Waals surface area contributed by atoms with Crippen molar-refractivity contribution in [1.82, 2.24) is 0 Å². The molecule has 1 aliphatic heterocycles. The summed E-state index contributed by atoms with van der Waals surface area (Å²) in [6.45, 7) is 6.61. The van der Waals surface area contributed by atoms with Crippen LogP contribution in [0.4, 0.5) is 5.69 Å². The van der Waals surface area contributed by atoms with Crippen molar-refractivity contribution in [3.63, 3.8) is 0 Å². The molecule has 0 radical (unpaired) electrons. The zero-order chi connectivity index (χ0) is 17.6. The molecule has 0 saturated carbocycles. The first-order valence-electron chi connectivity index (χ1n) is 9.13. The predicted octanol–water partition coefficient (Wildman–Crippen LogP) is 2.87. The number of para-hydroxylation sites is 1. The fourth-order valence-corrected chi connectivity index (χ4v) is 3.47. The fourth-order valence-electron chi connectivity index (χ4n) is 3.47. The van der Waals surface area contributed by atoms with E-state index in [2.05, 4.69) is 67.7 Å². The largest absolute Gasteiger partial charge is 0.324 e. The number of carbonyl (C=O) groups excluding carboxylic acids is 1. The summed E-state index contributed by atoms with van der Waals surface area (Å²) in [7, 11) is 0. The van der Waals surface area contributed by atoms with Crippen LogP contribution in [0.1, 0.15) is 30.0 Å². The van der Waals surface area contributed by atoms with E-state index in [-0.39, 0.29) is 5.91 Å². The van der Waals surface area contributed by atoms with Gasteiger partial charge in [-0.3, -0.25) is 4.79 Å². The van der Waals surface area contributed by atoms with Crippen LogP contribution >= 0.6 is 0 Å². The van der Waals surface area contributed by atoms with E-state index in [1.165, 1.54) is 21.6 Å². The lowest BCUT2D eigenvalue weighted by atomic mass is 9.99. The Morgan fingerprint density at radius 2 is 1.92 bits per heavy atom. The van der Waals surface area contributed by atoms with Crippen molar-refractivity contribution >= 4 is 17.2 Å². The van der Waals surface area contributed by atoms with Crippen LogP contribution in [0.25, 0.3) is 5.57 Å². The van der Waals surface area contributed by atoms with Crippen LogP contribution in [-0.4, -0.2) is 25.5 Å². The molecule has 0 saturated heterocycles. The lowest BCUT2D eigenvalue weighted by molar-refractivity contribution is -0.886. The van der Waals surface area contributed by atoms with Gasteiger partial charge in [0.2, 0.25) is 0 Å². The first-order valence-corrected chi connectivity index (χ1v) is 9.13. The Labute approximate surface area is 150 Å². The third-order valence-electron chi connectivity index (χ3n) is 4.94. The number of quaternary nitrogens is 1. The van der Waals surface area contributed by atoms with Gasteiger partial charge in [0.05, 0.1) is 13.1 Å². The molecule has 1 aliphatic rings. The fraction of sp³-hybridized carbons (Fsp3) is 0.318. The first-order chi connectivity index (χ1) is 12.2. The molecular weight excluding hydrogens is 308 g/mol. The molecule has 1 amide bonds. The predicted molar refractivity (Wildman–Crippen MR) is 104 cm³/mol. The number of nitrogens with one attached hydrogen (secondary N) is 2. The molecule has 1 unspecified atom stereocenters. The van der Waals surface area contributed by atoms with Crippen molar-refractivity contribution in [2.75, 3.05) is 25.0 Å². The molecule has 2 aromatic carbocycles. The highest BCUT2D eigenvalue weighted by Gasteiger charge is 2.19. The molecule has 2 aromatic rings. The van der Waals surface area contributed by atoms with Crippen LogP contribution in [0.15, 0.2) is 54.6 Å². The molecule has 0 fully saturated rings. The molecule has 0 bridgehead atoms. The number of aryl methyl sites for hydroxylation is 2. The molecular formula is C22H27N2O+. The number of anilines is 1. The van der Waals surface area contributed by atoms with Gasteiger partial charge in [0, 0.05) is 12.1 Å². The van der Waals surface area contributed by atoms with E-state index in [1.807, 2.05) is 6.07 Å². The molecule has 3 rings (SSSR count). The van der Waals surface area contributed by atoms with Gasteiger partial charge in [0.15, 0.2) is 6.54 Å². The van der Waals surface area contributed by atoms with E-state index in [0.29, 0.717) is 6.54 Å². The Hall–Kier alpha value is -2.39. The third-order valence-corrected chi connectivity index (χ3v) is 4.94. The molecule has 3 nitrogen and oxygen atoms in total. The smallest absolute Gasteiger partial charge is 0.279 e. The van der Waals surface area contributed by atoms with Crippen molar-refractivity contribution in [2.24, 2.45) is 0 Å². The second-order valence-electron chi connectivity index (χ2n) is 6.74. The van der Waals surface area contributed by atoms with E-state index in [9.17, 15) is 4.79 Å². The maximum atomic E-state index is 12.5. The van der Waals surface area contributed by atoms with E-state index in [4.69, 9.17) is 0 Å². The number of rotatable bonds is 5. The number of carbonyl (C=O) groups is 1. The number of hydrogen-bond donors (Lipinski definition) is 2. The van der Waals surface area contributed by atoms with Gasteiger partial charge in [-0.2, -0.15) is 0 Å². The van der Waals surface area contributed by atoms with E-state index >= 15 is 0 Å². The van der Waals surface area contributed by atoms with Crippen molar-refractivity contribution in [3.8, 4) is 0 Å². The summed E-state index contributed by atoms with van der Waals surface area (Å²) in [6, 6.07) is 16.7. The van der Waals surface area contributed by atoms with E-state index in [1.54, 1.807) is 0 Å². The zero-order valence-corrected chi connectivity index (χ0v) is 15.1. The molecule has 130 valence electrons. The molecule has 0 spiro atoms. The highest BCUT2D eigenvalue weighted by Crippen LogP contribution is 2.21. The Kier molecular flexibility index (Phi) is 5.67. The Morgan fingerprint density at radius 1 is 1.12 bits per heavy atom. The Bertz CT molecular complexity index is 765. The van der Waals surface area contributed by atoms with Crippen molar-refractivity contribution in [1.29, 1.82) is 0 Å². The van der Waals surface area contributed by atoms with Gasteiger partial charge in [0.25, 0.3) is 5.91 Å². The molecule has 2 N–H and O–H groups in total. The van der Waals surface area contributed by atoms with Gasteiger partial charge in [-0.05, 0) is 41.7 Å². The molecule has 25 heavy (non-hydrogen) atoms. The van der Waals surface area contributed by atoms with Crippen LogP contribution in [0, 0.1) is 6.92 Å². The summed E-state index contributed by atoms with van der Waals surface area (Å²) in [4.78, 5) is 13.8. The van der Waals surface area contributed by atoms with Gasteiger partial charge in [-0.15, -0.1) is 0 Å². The summed E-state index contributed by atoms with van der Waals surface area (Å²) in [6.07, 6.45) is 4.24. The molecule has 1 heterocycles. The average Bonchev–Trinajstić information content (AvgIpc) is 2.65. The molecule has 0 aliphatic carbocycles. The average molecular weight is 335 g/mol. The third kappa shape index (κ3) is 4.37. The van der Waals surface area contributed by atoms with E-state index < -0.39 is 0 Å². The second kappa shape index (κ2) is 8.13. The summed E-state index contributed by atoms with van der Waals surface area (Å²) in [5, 5.41) is 3.14. The van der Waals surface area contributed by atoms with Gasteiger partial charge in [0.1, 0.15) is 0 Å². The monoisotopic (exact) mass is 335 g/mol. The minimum absolute atomic E-state index is 0.107.